The lowest BCUT2D eigenvalue weighted by atomic mass is 10.2. The molecule has 0 aromatic heterocycles. The maximum Gasteiger partial charge on any atom is 0.334 e. The van der Waals surface area contributed by atoms with E-state index in [1.54, 1.807) is 12.1 Å². The molecule has 100 valence electrons. The molecule has 2 rings (SSSR count). The number of carbonyl (C=O) groups excluding carboxylic acids is 3. The molecule has 4 amide bonds. The standard InChI is InChI=1S/C13H13BrN2O3/c1-2-7-15-11(17)12(18)16(13(15)19)8-9-3-5-10(14)6-4-9/h3-6H,2,7-8H2,1H3. The van der Waals surface area contributed by atoms with Crippen molar-refractivity contribution in [2.75, 3.05) is 6.54 Å². The van der Waals surface area contributed by atoms with E-state index in [2.05, 4.69) is 15.9 Å². The Morgan fingerprint density at radius 3 is 2.16 bits per heavy atom. The van der Waals surface area contributed by atoms with Crippen molar-refractivity contribution in [1.29, 1.82) is 0 Å². The summed E-state index contributed by atoms with van der Waals surface area (Å²) < 4.78 is 0.916. The zero-order valence-electron chi connectivity index (χ0n) is 10.4. The van der Waals surface area contributed by atoms with Crippen LogP contribution in [-0.4, -0.2) is 34.2 Å². The van der Waals surface area contributed by atoms with Crippen LogP contribution in [-0.2, 0) is 16.1 Å². The maximum absolute atomic E-state index is 12.0. The Morgan fingerprint density at radius 1 is 1.00 bits per heavy atom. The number of nitrogens with zero attached hydrogens (tertiary/aromatic N) is 2. The maximum atomic E-state index is 12.0. The summed E-state index contributed by atoms with van der Waals surface area (Å²) in [5, 5.41) is 0. The molecule has 19 heavy (non-hydrogen) atoms. The lowest BCUT2D eigenvalue weighted by Gasteiger charge is -2.14. The third-order valence-electron chi connectivity index (χ3n) is 2.84. The van der Waals surface area contributed by atoms with Gasteiger partial charge in [-0.05, 0) is 24.1 Å². The summed E-state index contributed by atoms with van der Waals surface area (Å²) in [4.78, 5) is 37.4. The fraction of sp³-hybridized carbons (Fsp3) is 0.308. The molecule has 5 nitrogen and oxygen atoms in total. The van der Waals surface area contributed by atoms with Gasteiger partial charge in [-0.3, -0.25) is 19.4 Å². The molecule has 0 radical (unpaired) electrons. The highest BCUT2D eigenvalue weighted by molar-refractivity contribution is 9.10. The Bertz CT molecular complexity index is 527. The van der Waals surface area contributed by atoms with Gasteiger partial charge in [0, 0.05) is 11.0 Å². The van der Waals surface area contributed by atoms with Crippen molar-refractivity contribution in [3.8, 4) is 0 Å². The van der Waals surface area contributed by atoms with Gasteiger partial charge in [-0.2, -0.15) is 0 Å². The van der Waals surface area contributed by atoms with Crippen molar-refractivity contribution in [3.05, 3.63) is 34.3 Å². The second-order valence-electron chi connectivity index (χ2n) is 4.26. The Balaban J connectivity index is 2.16. The van der Waals surface area contributed by atoms with Crippen LogP contribution in [0.25, 0.3) is 0 Å². The van der Waals surface area contributed by atoms with Gasteiger partial charge >= 0.3 is 17.8 Å². The van der Waals surface area contributed by atoms with Crippen LogP contribution < -0.4 is 0 Å². The number of hydrogen-bond acceptors (Lipinski definition) is 3. The van der Waals surface area contributed by atoms with E-state index in [0.29, 0.717) is 6.42 Å². The summed E-state index contributed by atoms with van der Waals surface area (Å²) in [6.45, 7) is 2.25. The van der Waals surface area contributed by atoms with Crippen LogP contribution in [0.4, 0.5) is 4.79 Å². The lowest BCUT2D eigenvalue weighted by Crippen LogP contribution is -2.33. The van der Waals surface area contributed by atoms with Crippen molar-refractivity contribution in [3.63, 3.8) is 0 Å². The molecule has 1 fully saturated rings. The number of halogens is 1. The fourth-order valence-electron chi connectivity index (χ4n) is 1.88. The van der Waals surface area contributed by atoms with Gasteiger partial charge in [-0.25, -0.2) is 4.79 Å². The van der Waals surface area contributed by atoms with E-state index in [1.165, 1.54) is 0 Å². The molecule has 0 aliphatic carbocycles. The zero-order valence-corrected chi connectivity index (χ0v) is 12.0. The van der Waals surface area contributed by atoms with E-state index in [1.807, 2.05) is 19.1 Å². The number of amides is 4. The quantitative estimate of drug-likeness (QED) is 0.630. The molecule has 1 heterocycles. The van der Waals surface area contributed by atoms with Crippen LogP contribution in [0, 0.1) is 0 Å². The van der Waals surface area contributed by atoms with Crippen LogP contribution in [0.3, 0.4) is 0 Å². The molecule has 6 heteroatoms. The summed E-state index contributed by atoms with van der Waals surface area (Å²) >= 11 is 3.31. The third kappa shape index (κ3) is 2.68. The van der Waals surface area contributed by atoms with E-state index < -0.39 is 17.8 Å². The first-order chi connectivity index (χ1) is 9.04. The SMILES string of the molecule is CCCN1C(=O)C(=O)N(Cc2ccc(Br)cc2)C1=O. The predicted molar refractivity (Wildman–Crippen MR) is 72.1 cm³/mol. The predicted octanol–water partition coefficient (Wildman–Crippen LogP) is 2.15. The van der Waals surface area contributed by atoms with Gasteiger partial charge < -0.3 is 0 Å². The number of hydrogen-bond donors (Lipinski definition) is 0. The average molecular weight is 325 g/mol. The van der Waals surface area contributed by atoms with Crippen molar-refractivity contribution in [2.45, 2.75) is 19.9 Å². The van der Waals surface area contributed by atoms with Crippen molar-refractivity contribution in [1.82, 2.24) is 9.80 Å². The molecule has 1 aliphatic rings. The Kier molecular flexibility index (Phi) is 3.99. The van der Waals surface area contributed by atoms with Crippen LogP contribution in [0.5, 0.6) is 0 Å². The van der Waals surface area contributed by atoms with Crippen LogP contribution in [0.15, 0.2) is 28.7 Å². The molecule has 0 saturated carbocycles. The first-order valence-corrected chi connectivity index (χ1v) is 6.75. The fourth-order valence-corrected chi connectivity index (χ4v) is 2.15. The molecule has 0 atom stereocenters. The zero-order chi connectivity index (χ0) is 14.0. The van der Waals surface area contributed by atoms with Gasteiger partial charge in [-0.1, -0.05) is 35.0 Å². The van der Waals surface area contributed by atoms with Crippen LogP contribution >= 0.6 is 15.9 Å². The summed E-state index contributed by atoms with van der Waals surface area (Å²) in [6.07, 6.45) is 0.636. The van der Waals surface area contributed by atoms with Gasteiger partial charge in [0.1, 0.15) is 0 Å². The molecule has 0 unspecified atom stereocenters. The summed E-state index contributed by atoms with van der Waals surface area (Å²) in [7, 11) is 0. The van der Waals surface area contributed by atoms with Gasteiger partial charge in [0.05, 0.1) is 6.54 Å². The molecule has 0 spiro atoms. The van der Waals surface area contributed by atoms with Crippen molar-refractivity contribution < 1.29 is 14.4 Å². The van der Waals surface area contributed by atoms with Gasteiger partial charge in [0.15, 0.2) is 0 Å². The van der Waals surface area contributed by atoms with Crippen LogP contribution in [0.1, 0.15) is 18.9 Å². The highest BCUT2D eigenvalue weighted by Gasteiger charge is 2.43. The topological polar surface area (TPSA) is 57.7 Å². The second-order valence-corrected chi connectivity index (χ2v) is 5.17. The summed E-state index contributed by atoms with van der Waals surface area (Å²) in [6, 6.07) is 6.73. The minimum atomic E-state index is -0.749. The molecular weight excluding hydrogens is 312 g/mol. The highest BCUT2D eigenvalue weighted by atomic mass is 79.9. The molecule has 0 bridgehead atoms. The first-order valence-electron chi connectivity index (χ1n) is 5.96. The monoisotopic (exact) mass is 324 g/mol. The van der Waals surface area contributed by atoms with E-state index in [0.717, 1.165) is 19.8 Å². The summed E-state index contributed by atoms with van der Waals surface area (Å²) in [5.74, 6) is -1.48. The van der Waals surface area contributed by atoms with Crippen molar-refractivity contribution in [2.24, 2.45) is 0 Å². The van der Waals surface area contributed by atoms with Crippen LogP contribution in [0.2, 0.25) is 0 Å². The molecular formula is C13H13BrN2O3. The Morgan fingerprint density at radius 2 is 1.58 bits per heavy atom. The van der Waals surface area contributed by atoms with Gasteiger partial charge in [-0.15, -0.1) is 0 Å². The van der Waals surface area contributed by atoms with Gasteiger partial charge in [0.25, 0.3) is 0 Å². The largest absolute Gasteiger partial charge is 0.334 e. The highest BCUT2D eigenvalue weighted by Crippen LogP contribution is 2.17. The minimum Gasteiger partial charge on any atom is -0.263 e. The molecule has 0 N–H and O–H groups in total. The number of benzene rings is 1. The number of rotatable bonds is 4. The minimum absolute atomic E-state index is 0.122. The lowest BCUT2D eigenvalue weighted by molar-refractivity contribution is -0.143. The third-order valence-corrected chi connectivity index (χ3v) is 3.36. The Hall–Kier alpha value is -1.69. The molecule has 1 aromatic carbocycles. The van der Waals surface area contributed by atoms with Gasteiger partial charge in [0.2, 0.25) is 0 Å². The Labute approximate surface area is 119 Å². The number of urea groups is 1. The molecule has 1 aromatic rings. The first kappa shape index (κ1) is 13.7. The number of imide groups is 2. The smallest absolute Gasteiger partial charge is 0.263 e. The average Bonchev–Trinajstić information content (AvgIpc) is 2.59. The second kappa shape index (κ2) is 5.52. The molecule has 1 saturated heterocycles. The summed E-state index contributed by atoms with van der Waals surface area (Å²) in [5.41, 5.74) is 0.802. The normalized spacial score (nSPS) is 15.6. The molecule has 1 aliphatic heterocycles. The van der Waals surface area contributed by atoms with Crippen molar-refractivity contribution >= 4 is 33.8 Å². The van der Waals surface area contributed by atoms with E-state index in [9.17, 15) is 14.4 Å². The number of carbonyl (C=O) groups is 3. The van der Waals surface area contributed by atoms with E-state index in [-0.39, 0.29) is 13.1 Å². The van der Waals surface area contributed by atoms with E-state index >= 15 is 0 Å². The van der Waals surface area contributed by atoms with E-state index in [4.69, 9.17) is 0 Å².